The summed E-state index contributed by atoms with van der Waals surface area (Å²) in [5, 5.41) is 6.98. The number of nitrogens with zero attached hydrogens (tertiary/aromatic N) is 2. The van der Waals surface area contributed by atoms with Gasteiger partial charge in [0, 0.05) is 18.7 Å². The monoisotopic (exact) mass is 290 g/mol. The van der Waals surface area contributed by atoms with Gasteiger partial charge in [-0.3, -0.25) is 0 Å². The van der Waals surface area contributed by atoms with E-state index in [1.165, 1.54) is 25.7 Å². The highest BCUT2D eigenvalue weighted by atomic mass is 15.1. The Balaban J connectivity index is 2.03. The average molecular weight is 290 g/mol. The molecule has 1 heterocycles. The Labute approximate surface area is 129 Å². The number of hydrogen-bond acceptors (Lipinski definition) is 4. The molecule has 2 atom stereocenters. The van der Waals surface area contributed by atoms with Gasteiger partial charge in [0.2, 0.25) is 0 Å². The molecule has 0 saturated heterocycles. The normalized spacial score (nSPS) is 22.1. The first-order valence-corrected chi connectivity index (χ1v) is 8.44. The molecule has 4 nitrogen and oxygen atoms in total. The highest BCUT2D eigenvalue weighted by Gasteiger charge is 2.21. The molecule has 0 aromatic carbocycles. The molecular weight excluding hydrogens is 260 g/mol. The lowest BCUT2D eigenvalue weighted by Gasteiger charge is -2.29. The van der Waals surface area contributed by atoms with Gasteiger partial charge in [0.25, 0.3) is 0 Å². The molecule has 0 amide bonds. The van der Waals surface area contributed by atoms with Crippen molar-refractivity contribution in [3.05, 3.63) is 11.4 Å². The van der Waals surface area contributed by atoms with E-state index < -0.39 is 0 Å². The fourth-order valence-corrected chi connectivity index (χ4v) is 3.14. The van der Waals surface area contributed by atoms with E-state index in [9.17, 15) is 0 Å². The fraction of sp³-hybridized carbons (Fsp3) is 0.765. The van der Waals surface area contributed by atoms with Crippen LogP contribution in [-0.4, -0.2) is 23.1 Å². The number of anilines is 2. The standard InChI is InChI=1S/C17H30N4/c1-5-10-18-16-13(3)17(21-14(4)20-16)19-11-15-9-7-6-8-12(15)2/h12,15H,5-11H2,1-4H3,(H2,18,19,20,21). The van der Waals surface area contributed by atoms with Gasteiger partial charge in [-0.15, -0.1) is 0 Å². The second-order valence-corrected chi connectivity index (χ2v) is 6.42. The molecule has 4 heteroatoms. The Kier molecular flexibility index (Phi) is 5.83. The largest absolute Gasteiger partial charge is 0.370 e. The third-order valence-corrected chi connectivity index (χ3v) is 4.62. The lowest BCUT2D eigenvalue weighted by Crippen LogP contribution is -2.25. The molecule has 2 rings (SSSR count). The summed E-state index contributed by atoms with van der Waals surface area (Å²) >= 11 is 0. The van der Waals surface area contributed by atoms with E-state index in [-0.39, 0.29) is 0 Å². The molecule has 21 heavy (non-hydrogen) atoms. The maximum atomic E-state index is 4.59. The van der Waals surface area contributed by atoms with Crippen LogP contribution in [0.4, 0.5) is 11.6 Å². The predicted molar refractivity (Wildman–Crippen MR) is 89.9 cm³/mol. The maximum absolute atomic E-state index is 4.59. The van der Waals surface area contributed by atoms with Crippen molar-refractivity contribution in [2.24, 2.45) is 11.8 Å². The van der Waals surface area contributed by atoms with Gasteiger partial charge in [0.05, 0.1) is 0 Å². The Bertz CT molecular complexity index is 458. The molecule has 0 bridgehead atoms. The van der Waals surface area contributed by atoms with Crippen LogP contribution < -0.4 is 10.6 Å². The number of aromatic nitrogens is 2. The Hall–Kier alpha value is -1.32. The molecule has 0 radical (unpaired) electrons. The first-order chi connectivity index (χ1) is 10.1. The van der Waals surface area contributed by atoms with E-state index in [1.807, 2.05) is 6.92 Å². The van der Waals surface area contributed by atoms with Crippen LogP contribution in [0.15, 0.2) is 0 Å². The van der Waals surface area contributed by atoms with E-state index in [1.54, 1.807) is 0 Å². The fourth-order valence-electron chi connectivity index (χ4n) is 3.14. The maximum Gasteiger partial charge on any atom is 0.134 e. The topological polar surface area (TPSA) is 49.8 Å². The predicted octanol–water partition coefficient (Wildman–Crippen LogP) is 4.15. The minimum absolute atomic E-state index is 0.778. The van der Waals surface area contributed by atoms with Crippen LogP contribution in [0.1, 0.15) is 57.3 Å². The molecule has 1 aromatic rings. The molecule has 118 valence electrons. The van der Waals surface area contributed by atoms with Gasteiger partial charge in [-0.05, 0) is 38.5 Å². The lowest BCUT2D eigenvalue weighted by atomic mass is 9.80. The van der Waals surface area contributed by atoms with Crippen molar-refractivity contribution in [2.45, 2.75) is 59.8 Å². The van der Waals surface area contributed by atoms with Crippen molar-refractivity contribution in [1.29, 1.82) is 0 Å². The third-order valence-electron chi connectivity index (χ3n) is 4.62. The number of hydrogen-bond donors (Lipinski definition) is 2. The molecule has 1 aromatic heterocycles. The lowest BCUT2D eigenvalue weighted by molar-refractivity contribution is 0.268. The second-order valence-electron chi connectivity index (χ2n) is 6.42. The van der Waals surface area contributed by atoms with Gasteiger partial charge in [-0.2, -0.15) is 0 Å². The first kappa shape index (κ1) is 16.1. The van der Waals surface area contributed by atoms with E-state index in [0.29, 0.717) is 0 Å². The van der Waals surface area contributed by atoms with Gasteiger partial charge in [0.1, 0.15) is 17.5 Å². The second kappa shape index (κ2) is 7.62. The molecule has 0 spiro atoms. The summed E-state index contributed by atoms with van der Waals surface area (Å²) in [6.45, 7) is 10.6. The van der Waals surface area contributed by atoms with Gasteiger partial charge < -0.3 is 10.6 Å². The molecule has 2 unspecified atom stereocenters. The summed E-state index contributed by atoms with van der Waals surface area (Å²) in [7, 11) is 0. The van der Waals surface area contributed by atoms with Crippen LogP contribution in [0.3, 0.4) is 0 Å². The molecule has 0 aliphatic heterocycles. The van der Waals surface area contributed by atoms with Crippen LogP contribution >= 0.6 is 0 Å². The molecule has 1 aliphatic rings. The van der Waals surface area contributed by atoms with Gasteiger partial charge in [-0.25, -0.2) is 9.97 Å². The molecule has 1 fully saturated rings. The van der Waals surface area contributed by atoms with Crippen LogP contribution in [0.2, 0.25) is 0 Å². The van der Waals surface area contributed by atoms with E-state index in [4.69, 9.17) is 0 Å². The van der Waals surface area contributed by atoms with E-state index in [2.05, 4.69) is 41.4 Å². The number of rotatable bonds is 6. The van der Waals surface area contributed by atoms with Crippen LogP contribution in [0, 0.1) is 25.7 Å². The van der Waals surface area contributed by atoms with E-state index in [0.717, 1.165) is 54.4 Å². The van der Waals surface area contributed by atoms with Crippen molar-refractivity contribution in [1.82, 2.24) is 9.97 Å². The van der Waals surface area contributed by atoms with Crippen molar-refractivity contribution in [3.8, 4) is 0 Å². The SMILES string of the molecule is CCCNc1nc(C)nc(NCC2CCCCC2C)c1C. The zero-order chi connectivity index (χ0) is 15.2. The summed E-state index contributed by atoms with van der Waals surface area (Å²) in [5.74, 6) is 4.41. The van der Waals surface area contributed by atoms with Crippen molar-refractivity contribution < 1.29 is 0 Å². The van der Waals surface area contributed by atoms with Gasteiger partial charge >= 0.3 is 0 Å². The van der Waals surface area contributed by atoms with Crippen molar-refractivity contribution in [2.75, 3.05) is 23.7 Å². The Morgan fingerprint density at radius 2 is 1.71 bits per heavy atom. The molecule has 1 saturated carbocycles. The quantitative estimate of drug-likeness (QED) is 0.826. The molecular formula is C17H30N4. The highest BCUT2D eigenvalue weighted by Crippen LogP contribution is 2.30. The van der Waals surface area contributed by atoms with Crippen LogP contribution in [0.25, 0.3) is 0 Å². The van der Waals surface area contributed by atoms with Crippen molar-refractivity contribution >= 4 is 11.6 Å². The third kappa shape index (κ3) is 4.32. The van der Waals surface area contributed by atoms with E-state index >= 15 is 0 Å². The number of nitrogens with one attached hydrogen (secondary N) is 2. The molecule has 2 N–H and O–H groups in total. The summed E-state index contributed by atoms with van der Waals surface area (Å²) in [6, 6.07) is 0. The highest BCUT2D eigenvalue weighted by molar-refractivity contribution is 5.57. The minimum atomic E-state index is 0.778. The van der Waals surface area contributed by atoms with Crippen LogP contribution in [0.5, 0.6) is 0 Å². The average Bonchev–Trinajstić information content (AvgIpc) is 2.47. The summed E-state index contributed by atoms with van der Waals surface area (Å²) in [4.78, 5) is 9.11. The Morgan fingerprint density at radius 3 is 2.38 bits per heavy atom. The summed E-state index contributed by atoms with van der Waals surface area (Å²) in [6.07, 6.45) is 6.59. The number of aryl methyl sites for hydroxylation is 1. The smallest absolute Gasteiger partial charge is 0.134 e. The Morgan fingerprint density at radius 1 is 1.05 bits per heavy atom. The van der Waals surface area contributed by atoms with Crippen molar-refractivity contribution in [3.63, 3.8) is 0 Å². The summed E-state index contributed by atoms with van der Waals surface area (Å²) in [5.41, 5.74) is 1.14. The zero-order valence-corrected chi connectivity index (χ0v) is 14.0. The minimum Gasteiger partial charge on any atom is -0.370 e. The van der Waals surface area contributed by atoms with Gasteiger partial charge in [0.15, 0.2) is 0 Å². The van der Waals surface area contributed by atoms with Crippen LogP contribution in [-0.2, 0) is 0 Å². The molecule has 1 aliphatic carbocycles. The zero-order valence-electron chi connectivity index (χ0n) is 14.0. The van der Waals surface area contributed by atoms with Gasteiger partial charge in [-0.1, -0.05) is 33.1 Å². The first-order valence-electron chi connectivity index (χ1n) is 8.44. The summed E-state index contributed by atoms with van der Waals surface area (Å²) < 4.78 is 0.